The fourth-order valence-corrected chi connectivity index (χ4v) is 2.57. The Bertz CT molecular complexity index is 1050. The van der Waals surface area contributed by atoms with Gasteiger partial charge in [-0.15, -0.1) is 0 Å². The smallest absolute Gasteiger partial charge is 0.259 e. The normalized spacial score (nSPS) is 11.0. The number of hydrogen-bond acceptors (Lipinski definition) is 4. The van der Waals surface area contributed by atoms with E-state index in [0.717, 1.165) is 16.7 Å². The third-order valence-electron chi connectivity index (χ3n) is 3.97. The van der Waals surface area contributed by atoms with Crippen molar-refractivity contribution in [2.24, 2.45) is 0 Å². The number of carbonyl (C=O) groups is 2. The molecule has 0 radical (unpaired) electrons. The molecule has 0 saturated heterocycles. The summed E-state index contributed by atoms with van der Waals surface area (Å²) in [6, 6.07) is 15.9. The van der Waals surface area contributed by atoms with Gasteiger partial charge in [0, 0.05) is 5.52 Å². The maximum Gasteiger partial charge on any atom is 0.259 e. The summed E-state index contributed by atoms with van der Waals surface area (Å²) in [6.45, 7) is 0. The molecule has 1 heterocycles. The van der Waals surface area contributed by atoms with Crippen LogP contribution in [0.1, 0.15) is 22.3 Å². The van der Waals surface area contributed by atoms with E-state index in [-0.39, 0.29) is 17.8 Å². The van der Waals surface area contributed by atoms with Crippen LogP contribution >= 0.6 is 0 Å². The standard InChI is InChI=1S/C21H17NO4/c1-26-17-10-7-14(8-11-17)6-9-16(23)13-20(24)18-12-15-4-2-3-5-19(15)22-21(18)25/h2-12H,13H2,1H3,(H,22,25)/b9-6+. The Morgan fingerprint density at radius 1 is 1.08 bits per heavy atom. The van der Waals surface area contributed by atoms with Gasteiger partial charge in [-0.25, -0.2) is 0 Å². The Labute approximate surface area is 149 Å². The van der Waals surface area contributed by atoms with Gasteiger partial charge in [0.15, 0.2) is 11.6 Å². The monoisotopic (exact) mass is 347 g/mol. The van der Waals surface area contributed by atoms with Gasteiger partial charge in [-0.3, -0.25) is 14.4 Å². The molecule has 0 amide bonds. The van der Waals surface area contributed by atoms with E-state index in [1.54, 1.807) is 55.7 Å². The van der Waals surface area contributed by atoms with E-state index in [9.17, 15) is 14.4 Å². The minimum absolute atomic E-state index is 0.00472. The molecular formula is C21H17NO4. The third kappa shape index (κ3) is 3.95. The number of ether oxygens (including phenoxy) is 1. The Morgan fingerprint density at radius 3 is 2.54 bits per heavy atom. The van der Waals surface area contributed by atoms with Gasteiger partial charge < -0.3 is 9.72 Å². The number of aromatic amines is 1. The molecule has 0 aliphatic heterocycles. The van der Waals surface area contributed by atoms with E-state index >= 15 is 0 Å². The lowest BCUT2D eigenvalue weighted by Gasteiger charge is -2.02. The Hall–Kier alpha value is -3.47. The van der Waals surface area contributed by atoms with Gasteiger partial charge in [-0.05, 0) is 41.3 Å². The molecule has 3 aromatic rings. The number of H-pyrrole nitrogens is 1. The lowest BCUT2D eigenvalue weighted by atomic mass is 10.0. The summed E-state index contributed by atoms with van der Waals surface area (Å²) in [6.07, 6.45) is 2.61. The van der Waals surface area contributed by atoms with Crippen molar-refractivity contribution in [2.75, 3.05) is 7.11 Å². The number of rotatable bonds is 6. The van der Waals surface area contributed by atoms with Crippen molar-refractivity contribution in [1.82, 2.24) is 4.98 Å². The van der Waals surface area contributed by atoms with E-state index in [1.165, 1.54) is 12.1 Å². The minimum Gasteiger partial charge on any atom is -0.497 e. The fourth-order valence-electron chi connectivity index (χ4n) is 2.57. The summed E-state index contributed by atoms with van der Waals surface area (Å²) in [5.41, 5.74) is 0.977. The summed E-state index contributed by atoms with van der Waals surface area (Å²) >= 11 is 0. The fraction of sp³-hybridized carbons (Fsp3) is 0.0952. The minimum atomic E-state index is -0.499. The number of nitrogens with one attached hydrogen (secondary N) is 1. The molecule has 0 unspecified atom stereocenters. The Kier molecular flexibility index (Phi) is 5.08. The van der Waals surface area contributed by atoms with Crippen LogP contribution in [0.25, 0.3) is 17.0 Å². The van der Waals surface area contributed by atoms with Crippen LogP contribution in [0.2, 0.25) is 0 Å². The highest BCUT2D eigenvalue weighted by Crippen LogP contribution is 2.13. The van der Waals surface area contributed by atoms with Crippen LogP contribution in [0, 0.1) is 0 Å². The molecular weight excluding hydrogens is 330 g/mol. The molecule has 0 spiro atoms. The number of pyridine rings is 1. The van der Waals surface area contributed by atoms with Gasteiger partial charge >= 0.3 is 0 Å². The lowest BCUT2D eigenvalue weighted by molar-refractivity contribution is -0.113. The zero-order chi connectivity index (χ0) is 18.5. The van der Waals surface area contributed by atoms with E-state index in [0.29, 0.717) is 5.52 Å². The second kappa shape index (κ2) is 7.61. The van der Waals surface area contributed by atoms with Crippen molar-refractivity contribution < 1.29 is 14.3 Å². The van der Waals surface area contributed by atoms with Crippen LogP contribution in [-0.4, -0.2) is 23.7 Å². The Balaban J connectivity index is 1.72. The molecule has 5 nitrogen and oxygen atoms in total. The molecule has 1 N–H and O–H groups in total. The molecule has 26 heavy (non-hydrogen) atoms. The van der Waals surface area contributed by atoms with Gasteiger partial charge in [0.2, 0.25) is 0 Å². The van der Waals surface area contributed by atoms with E-state index in [1.807, 2.05) is 6.07 Å². The largest absolute Gasteiger partial charge is 0.497 e. The van der Waals surface area contributed by atoms with E-state index < -0.39 is 11.3 Å². The average molecular weight is 347 g/mol. The summed E-state index contributed by atoms with van der Waals surface area (Å²) in [5.74, 6) is -0.140. The highest BCUT2D eigenvalue weighted by atomic mass is 16.5. The molecule has 0 aliphatic carbocycles. The van der Waals surface area contributed by atoms with Crippen molar-refractivity contribution in [3.05, 3.63) is 82.2 Å². The topological polar surface area (TPSA) is 76.2 Å². The summed E-state index contributed by atoms with van der Waals surface area (Å²) in [7, 11) is 1.58. The van der Waals surface area contributed by atoms with Crippen LogP contribution in [0.15, 0.2) is 65.5 Å². The van der Waals surface area contributed by atoms with Crippen molar-refractivity contribution in [1.29, 1.82) is 0 Å². The molecule has 1 aromatic heterocycles. The zero-order valence-corrected chi connectivity index (χ0v) is 14.2. The first-order valence-corrected chi connectivity index (χ1v) is 8.07. The van der Waals surface area contributed by atoms with E-state index in [4.69, 9.17) is 4.74 Å². The molecule has 0 atom stereocenters. The molecule has 0 bridgehead atoms. The van der Waals surface area contributed by atoms with Gasteiger partial charge in [0.1, 0.15) is 5.75 Å². The van der Waals surface area contributed by atoms with Crippen LogP contribution < -0.4 is 10.3 Å². The molecule has 130 valence electrons. The number of carbonyl (C=O) groups excluding carboxylic acids is 2. The molecule has 0 fully saturated rings. The summed E-state index contributed by atoms with van der Waals surface area (Å²) < 4.78 is 5.07. The first kappa shape index (κ1) is 17.4. The first-order valence-electron chi connectivity index (χ1n) is 8.07. The number of fused-ring (bicyclic) bond motifs is 1. The Morgan fingerprint density at radius 2 is 1.81 bits per heavy atom. The third-order valence-corrected chi connectivity index (χ3v) is 3.97. The second-order valence-electron chi connectivity index (χ2n) is 5.77. The molecule has 5 heteroatoms. The number of allylic oxidation sites excluding steroid dienone is 1. The van der Waals surface area contributed by atoms with Crippen molar-refractivity contribution in [3.63, 3.8) is 0 Å². The van der Waals surface area contributed by atoms with Crippen LogP contribution in [0.4, 0.5) is 0 Å². The van der Waals surface area contributed by atoms with Gasteiger partial charge in [-0.1, -0.05) is 36.4 Å². The summed E-state index contributed by atoms with van der Waals surface area (Å²) in [4.78, 5) is 39.1. The molecule has 0 aliphatic rings. The second-order valence-corrected chi connectivity index (χ2v) is 5.77. The van der Waals surface area contributed by atoms with Crippen LogP contribution in [0.3, 0.4) is 0 Å². The van der Waals surface area contributed by atoms with Gasteiger partial charge in [0.25, 0.3) is 5.56 Å². The number of para-hydroxylation sites is 1. The predicted molar refractivity (Wildman–Crippen MR) is 101 cm³/mol. The molecule has 2 aromatic carbocycles. The number of ketones is 2. The number of methoxy groups -OCH3 is 1. The molecule has 3 rings (SSSR count). The SMILES string of the molecule is COc1ccc(/C=C/C(=O)CC(=O)c2cc3ccccc3[nH]c2=O)cc1. The highest BCUT2D eigenvalue weighted by Gasteiger charge is 2.14. The van der Waals surface area contributed by atoms with E-state index in [2.05, 4.69) is 4.98 Å². The van der Waals surface area contributed by atoms with Crippen molar-refractivity contribution in [2.45, 2.75) is 6.42 Å². The number of benzene rings is 2. The van der Waals surface area contributed by atoms with Crippen molar-refractivity contribution >= 4 is 28.5 Å². The number of aromatic nitrogens is 1. The molecule has 0 saturated carbocycles. The maximum absolute atomic E-state index is 12.3. The summed E-state index contributed by atoms with van der Waals surface area (Å²) in [5, 5.41) is 0.747. The average Bonchev–Trinajstić information content (AvgIpc) is 2.66. The lowest BCUT2D eigenvalue weighted by Crippen LogP contribution is -2.19. The number of hydrogen-bond donors (Lipinski definition) is 1. The zero-order valence-electron chi connectivity index (χ0n) is 14.2. The maximum atomic E-state index is 12.3. The number of Topliss-reactive ketones (excluding diaryl/α,β-unsaturated/α-hetero) is 1. The van der Waals surface area contributed by atoms with Crippen molar-refractivity contribution in [3.8, 4) is 5.75 Å². The van der Waals surface area contributed by atoms with Crippen LogP contribution in [0.5, 0.6) is 5.75 Å². The van der Waals surface area contributed by atoms with Crippen LogP contribution in [-0.2, 0) is 4.79 Å². The van der Waals surface area contributed by atoms with Gasteiger partial charge in [0.05, 0.1) is 19.1 Å². The first-order chi connectivity index (χ1) is 12.6. The highest BCUT2D eigenvalue weighted by molar-refractivity contribution is 6.12. The predicted octanol–water partition coefficient (Wildman–Crippen LogP) is 3.39. The quantitative estimate of drug-likeness (QED) is 0.421. The van der Waals surface area contributed by atoms with Gasteiger partial charge in [-0.2, -0.15) is 0 Å².